The molecule has 3 atom stereocenters. The molecule has 1 fully saturated rings. The molecule has 0 radical (unpaired) electrons. The Balaban J connectivity index is 2.05. The first kappa shape index (κ1) is 7.32. The van der Waals surface area contributed by atoms with Gasteiger partial charge in [-0.05, 0) is 18.3 Å². The van der Waals surface area contributed by atoms with E-state index in [1.807, 2.05) is 0 Å². The third kappa shape index (κ3) is 1.21. The molecule has 0 bridgehead atoms. The summed E-state index contributed by atoms with van der Waals surface area (Å²) in [7, 11) is 0. The zero-order chi connectivity index (χ0) is 7.68. The third-order valence-corrected chi connectivity index (χ3v) is 2.78. The number of fused-ring (bicyclic) bond motifs is 1. The van der Waals surface area contributed by atoms with Crippen LogP contribution in [0, 0.1) is 17.8 Å². The molecule has 0 saturated carbocycles. The van der Waals surface area contributed by atoms with E-state index in [9.17, 15) is 0 Å². The van der Waals surface area contributed by atoms with Crippen molar-refractivity contribution in [3.8, 4) is 0 Å². The molecule has 2 aliphatic rings. The van der Waals surface area contributed by atoms with Gasteiger partial charge in [-0.2, -0.15) is 0 Å². The van der Waals surface area contributed by atoms with Crippen LogP contribution >= 0.6 is 0 Å². The smallest absolute Gasteiger partial charge is 0.0522 e. The first-order valence-corrected chi connectivity index (χ1v) is 4.27. The van der Waals surface area contributed by atoms with Crippen molar-refractivity contribution in [2.24, 2.45) is 17.8 Å². The standard InChI is InChI=1S/C9H14O2/c10-4-8-6-11-5-7-2-1-3-9(7)8/h1,3,7-10H,2,4-6H2. The molecule has 0 aromatic rings. The molecule has 1 saturated heterocycles. The van der Waals surface area contributed by atoms with E-state index in [0.29, 0.717) is 17.8 Å². The largest absolute Gasteiger partial charge is 0.396 e. The Labute approximate surface area is 66.9 Å². The van der Waals surface area contributed by atoms with Crippen LogP contribution in [0.5, 0.6) is 0 Å². The van der Waals surface area contributed by atoms with Crippen LogP contribution in [0.4, 0.5) is 0 Å². The van der Waals surface area contributed by atoms with Crippen LogP contribution in [0.15, 0.2) is 12.2 Å². The average molecular weight is 154 g/mol. The molecule has 1 N–H and O–H groups in total. The maximum Gasteiger partial charge on any atom is 0.0522 e. The first-order valence-electron chi connectivity index (χ1n) is 4.27. The Kier molecular flexibility index (Phi) is 1.96. The Morgan fingerprint density at radius 2 is 2.36 bits per heavy atom. The summed E-state index contributed by atoms with van der Waals surface area (Å²) in [5.41, 5.74) is 0. The number of ether oxygens (including phenoxy) is 1. The molecule has 62 valence electrons. The molecular formula is C9H14O2. The quantitative estimate of drug-likeness (QED) is 0.566. The summed E-state index contributed by atoms with van der Waals surface area (Å²) in [5, 5.41) is 9.02. The van der Waals surface area contributed by atoms with E-state index in [0.717, 1.165) is 19.6 Å². The normalized spacial score (nSPS) is 42.5. The number of aliphatic hydroxyl groups is 1. The second-order valence-electron chi connectivity index (χ2n) is 3.48. The highest BCUT2D eigenvalue weighted by Crippen LogP contribution is 2.34. The van der Waals surface area contributed by atoms with E-state index in [4.69, 9.17) is 9.84 Å². The fourth-order valence-electron chi connectivity index (χ4n) is 2.10. The lowest BCUT2D eigenvalue weighted by Gasteiger charge is -2.32. The Morgan fingerprint density at radius 1 is 1.45 bits per heavy atom. The van der Waals surface area contributed by atoms with E-state index in [1.165, 1.54) is 0 Å². The van der Waals surface area contributed by atoms with Gasteiger partial charge in [-0.25, -0.2) is 0 Å². The van der Waals surface area contributed by atoms with Gasteiger partial charge < -0.3 is 9.84 Å². The van der Waals surface area contributed by atoms with E-state index in [2.05, 4.69) is 12.2 Å². The lowest BCUT2D eigenvalue weighted by Crippen LogP contribution is -2.34. The van der Waals surface area contributed by atoms with Gasteiger partial charge in [0.2, 0.25) is 0 Å². The van der Waals surface area contributed by atoms with Gasteiger partial charge in [-0.3, -0.25) is 0 Å². The van der Waals surface area contributed by atoms with Crippen molar-refractivity contribution in [1.29, 1.82) is 0 Å². The van der Waals surface area contributed by atoms with Gasteiger partial charge in [0.15, 0.2) is 0 Å². The van der Waals surface area contributed by atoms with Crippen LogP contribution in [0.3, 0.4) is 0 Å². The lowest BCUT2D eigenvalue weighted by molar-refractivity contribution is -0.0260. The van der Waals surface area contributed by atoms with Gasteiger partial charge in [-0.1, -0.05) is 12.2 Å². The predicted molar refractivity (Wildman–Crippen MR) is 42.1 cm³/mol. The molecule has 2 heteroatoms. The van der Waals surface area contributed by atoms with Crippen molar-refractivity contribution < 1.29 is 9.84 Å². The highest BCUT2D eigenvalue weighted by atomic mass is 16.5. The van der Waals surface area contributed by atoms with E-state index in [1.54, 1.807) is 0 Å². The number of rotatable bonds is 1. The molecule has 0 amide bonds. The Hall–Kier alpha value is -0.340. The second-order valence-corrected chi connectivity index (χ2v) is 3.48. The van der Waals surface area contributed by atoms with Gasteiger partial charge >= 0.3 is 0 Å². The van der Waals surface area contributed by atoms with Gasteiger partial charge in [0.05, 0.1) is 13.2 Å². The summed E-state index contributed by atoms with van der Waals surface area (Å²) >= 11 is 0. The van der Waals surface area contributed by atoms with Crippen LogP contribution in [-0.2, 0) is 4.74 Å². The van der Waals surface area contributed by atoms with E-state index in [-0.39, 0.29) is 6.61 Å². The van der Waals surface area contributed by atoms with Gasteiger partial charge in [0.25, 0.3) is 0 Å². The van der Waals surface area contributed by atoms with Crippen molar-refractivity contribution in [2.75, 3.05) is 19.8 Å². The molecule has 1 aliphatic carbocycles. The predicted octanol–water partition coefficient (Wildman–Crippen LogP) is 0.817. The topological polar surface area (TPSA) is 29.5 Å². The molecular weight excluding hydrogens is 140 g/mol. The van der Waals surface area contributed by atoms with Crippen molar-refractivity contribution in [2.45, 2.75) is 6.42 Å². The number of aliphatic hydroxyl groups excluding tert-OH is 1. The van der Waals surface area contributed by atoms with Crippen LogP contribution in [0.2, 0.25) is 0 Å². The molecule has 0 spiro atoms. The van der Waals surface area contributed by atoms with Crippen molar-refractivity contribution in [3.05, 3.63) is 12.2 Å². The minimum atomic E-state index is 0.269. The fourth-order valence-corrected chi connectivity index (χ4v) is 2.10. The molecule has 0 aromatic carbocycles. The van der Waals surface area contributed by atoms with Crippen molar-refractivity contribution in [3.63, 3.8) is 0 Å². The minimum Gasteiger partial charge on any atom is -0.396 e. The summed E-state index contributed by atoms with van der Waals surface area (Å²) in [6.07, 6.45) is 5.60. The fraction of sp³-hybridized carbons (Fsp3) is 0.778. The average Bonchev–Trinajstić information content (AvgIpc) is 2.50. The van der Waals surface area contributed by atoms with Crippen molar-refractivity contribution >= 4 is 0 Å². The maximum absolute atomic E-state index is 9.02. The van der Waals surface area contributed by atoms with Gasteiger partial charge in [0.1, 0.15) is 0 Å². The second kappa shape index (κ2) is 2.95. The van der Waals surface area contributed by atoms with Crippen LogP contribution < -0.4 is 0 Å². The number of hydrogen-bond acceptors (Lipinski definition) is 2. The van der Waals surface area contributed by atoms with Gasteiger partial charge in [-0.15, -0.1) is 0 Å². The third-order valence-electron chi connectivity index (χ3n) is 2.78. The van der Waals surface area contributed by atoms with E-state index < -0.39 is 0 Å². The zero-order valence-corrected chi connectivity index (χ0v) is 6.57. The van der Waals surface area contributed by atoms with Crippen molar-refractivity contribution in [1.82, 2.24) is 0 Å². The highest BCUT2D eigenvalue weighted by molar-refractivity contribution is 5.04. The summed E-state index contributed by atoms with van der Waals surface area (Å²) in [4.78, 5) is 0. The van der Waals surface area contributed by atoms with E-state index >= 15 is 0 Å². The summed E-state index contributed by atoms with van der Waals surface area (Å²) in [6, 6.07) is 0. The zero-order valence-electron chi connectivity index (χ0n) is 6.57. The minimum absolute atomic E-state index is 0.269. The maximum atomic E-state index is 9.02. The molecule has 2 nitrogen and oxygen atoms in total. The summed E-state index contributed by atoms with van der Waals surface area (Å²) in [5.74, 6) is 1.60. The van der Waals surface area contributed by atoms with Crippen LogP contribution in [0.25, 0.3) is 0 Å². The van der Waals surface area contributed by atoms with Gasteiger partial charge in [0, 0.05) is 12.5 Å². The Morgan fingerprint density at radius 3 is 3.18 bits per heavy atom. The summed E-state index contributed by atoms with van der Waals surface area (Å²) in [6.45, 7) is 1.89. The number of hydrogen-bond donors (Lipinski definition) is 1. The SMILES string of the molecule is OCC1COCC2CC=CC12. The molecule has 1 heterocycles. The molecule has 0 aromatic heterocycles. The lowest BCUT2D eigenvalue weighted by atomic mass is 9.83. The molecule has 11 heavy (non-hydrogen) atoms. The monoisotopic (exact) mass is 154 g/mol. The molecule has 3 unspecified atom stereocenters. The van der Waals surface area contributed by atoms with Crippen LogP contribution in [0.1, 0.15) is 6.42 Å². The highest BCUT2D eigenvalue weighted by Gasteiger charge is 2.33. The first-order chi connectivity index (χ1) is 5.42. The molecule has 1 aliphatic heterocycles. The van der Waals surface area contributed by atoms with Crippen LogP contribution in [-0.4, -0.2) is 24.9 Å². The number of allylic oxidation sites excluding steroid dienone is 2. The molecule has 2 rings (SSSR count). The summed E-state index contributed by atoms with van der Waals surface area (Å²) < 4.78 is 5.39. The Bertz CT molecular complexity index is 165.